The summed E-state index contributed by atoms with van der Waals surface area (Å²) in [5.41, 5.74) is 3.44. The normalized spacial score (nSPS) is 18.5. The lowest BCUT2D eigenvalue weighted by Gasteiger charge is -2.23. The molecule has 0 aliphatic carbocycles. The number of fused-ring (bicyclic) bond motifs is 2. The number of aromatic hydroxyl groups is 1. The lowest BCUT2D eigenvalue weighted by molar-refractivity contribution is -0.132. The summed E-state index contributed by atoms with van der Waals surface area (Å²) in [6.45, 7) is 4.71. The second-order valence-corrected chi connectivity index (χ2v) is 10.1. The number of aryl methyl sites for hydroxylation is 2. The van der Waals surface area contributed by atoms with E-state index in [4.69, 9.17) is 14.5 Å². The number of carbonyl (C=O) groups is 2. The third kappa shape index (κ3) is 3.79. The number of rotatable bonds is 3. The van der Waals surface area contributed by atoms with Gasteiger partial charge in [-0.3, -0.25) is 14.5 Å². The van der Waals surface area contributed by atoms with E-state index in [1.807, 2.05) is 26.0 Å². The lowest BCUT2D eigenvalue weighted by atomic mass is 9.95. The molecule has 0 unspecified atom stereocenters. The highest BCUT2D eigenvalue weighted by molar-refractivity contribution is 7.22. The molecule has 2 aliphatic rings. The van der Waals surface area contributed by atoms with E-state index in [1.54, 1.807) is 30.3 Å². The van der Waals surface area contributed by atoms with Gasteiger partial charge in [0.05, 0.1) is 21.8 Å². The van der Waals surface area contributed by atoms with Gasteiger partial charge in [-0.25, -0.2) is 4.98 Å². The maximum absolute atomic E-state index is 13.5. The summed E-state index contributed by atoms with van der Waals surface area (Å²) >= 11 is 1.30. The number of aliphatic hydroxyl groups is 1. The van der Waals surface area contributed by atoms with E-state index in [2.05, 4.69) is 0 Å². The van der Waals surface area contributed by atoms with Gasteiger partial charge in [-0.15, -0.1) is 0 Å². The highest BCUT2D eigenvalue weighted by Gasteiger charge is 2.48. The number of ketones is 1. The zero-order valence-electron chi connectivity index (χ0n) is 20.0. The zero-order chi connectivity index (χ0) is 25.8. The van der Waals surface area contributed by atoms with E-state index < -0.39 is 17.7 Å². The van der Waals surface area contributed by atoms with Crippen molar-refractivity contribution in [2.45, 2.75) is 19.9 Å². The minimum absolute atomic E-state index is 0.0295. The predicted molar refractivity (Wildman–Crippen MR) is 139 cm³/mol. The number of hydrogen-bond acceptors (Lipinski definition) is 8. The Morgan fingerprint density at radius 2 is 1.81 bits per heavy atom. The number of hydrogen-bond donors (Lipinski definition) is 2. The summed E-state index contributed by atoms with van der Waals surface area (Å²) in [5, 5.41) is 21.9. The van der Waals surface area contributed by atoms with E-state index in [1.165, 1.54) is 28.4 Å². The van der Waals surface area contributed by atoms with Crippen LogP contribution in [0, 0.1) is 13.8 Å². The maximum atomic E-state index is 13.5. The van der Waals surface area contributed by atoms with Crippen LogP contribution in [0.2, 0.25) is 0 Å². The molecule has 4 aromatic rings. The Morgan fingerprint density at radius 3 is 2.59 bits per heavy atom. The predicted octanol–water partition coefficient (Wildman–Crippen LogP) is 5.02. The number of carbonyl (C=O) groups excluding carboxylic acids is 2. The van der Waals surface area contributed by atoms with Crippen LogP contribution in [0.5, 0.6) is 17.2 Å². The minimum atomic E-state index is -0.998. The van der Waals surface area contributed by atoms with E-state index in [0.717, 1.165) is 21.3 Å². The van der Waals surface area contributed by atoms with Crippen molar-refractivity contribution in [2.75, 3.05) is 18.1 Å². The number of nitrogens with zero attached hydrogens (tertiary/aromatic N) is 2. The molecule has 1 amide bonds. The van der Waals surface area contributed by atoms with Crippen LogP contribution in [-0.2, 0) is 9.59 Å². The molecule has 1 aromatic heterocycles. The SMILES string of the molecule is Cc1cc(C)c2nc(N3C(=O)C(=O)/C(=C(/O)c4ccc5c(c4)OCCO5)[C@H]3c3cccc(O)c3)sc2c1. The molecule has 3 heterocycles. The van der Waals surface area contributed by atoms with Crippen molar-refractivity contribution in [3.05, 3.63) is 82.4 Å². The number of thiazole rings is 1. The highest BCUT2D eigenvalue weighted by atomic mass is 32.1. The largest absolute Gasteiger partial charge is 0.508 e. The van der Waals surface area contributed by atoms with Crippen LogP contribution >= 0.6 is 11.3 Å². The number of anilines is 1. The Balaban J connectivity index is 1.55. The fourth-order valence-corrected chi connectivity index (χ4v) is 6.02. The van der Waals surface area contributed by atoms with Crippen LogP contribution in [-0.4, -0.2) is 40.1 Å². The van der Waals surface area contributed by atoms with Gasteiger partial charge in [0.25, 0.3) is 5.78 Å². The number of ether oxygens (including phenoxy) is 2. The van der Waals surface area contributed by atoms with Gasteiger partial charge in [-0.05, 0) is 66.9 Å². The zero-order valence-corrected chi connectivity index (χ0v) is 20.8. The molecular formula is C28H22N2O6S. The van der Waals surface area contributed by atoms with Gasteiger partial charge in [-0.2, -0.15) is 0 Å². The highest BCUT2D eigenvalue weighted by Crippen LogP contribution is 2.45. The molecule has 6 rings (SSSR count). The van der Waals surface area contributed by atoms with Gasteiger partial charge in [-0.1, -0.05) is 29.5 Å². The van der Waals surface area contributed by atoms with Gasteiger partial charge in [0.1, 0.15) is 24.7 Å². The Morgan fingerprint density at radius 1 is 1.03 bits per heavy atom. The first kappa shape index (κ1) is 23.1. The molecule has 186 valence electrons. The second kappa shape index (κ2) is 8.63. The summed E-state index contributed by atoms with van der Waals surface area (Å²) in [6, 6.07) is 14.1. The molecule has 0 radical (unpaired) electrons. The summed E-state index contributed by atoms with van der Waals surface area (Å²) in [5.74, 6) is -1.05. The van der Waals surface area contributed by atoms with Crippen molar-refractivity contribution in [2.24, 2.45) is 0 Å². The minimum Gasteiger partial charge on any atom is -0.508 e. The van der Waals surface area contributed by atoms with Crippen molar-refractivity contribution in [3.63, 3.8) is 0 Å². The average molecular weight is 515 g/mol. The number of benzene rings is 3. The van der Waals surface area contributed by atoms with E-state index in [9.17, 15) is 19.8 Å². The molecule has 3 aromatic carbocycles. The Hall–Kier alpha value is -4.37. The third-order valence-corrected chi connectivity index (χ3v) is 7.47. The molecule has 2 aliphatic heterocycles. The van der Waals surface area contributed by atoms with Gasteiger partial charge in [0.15, 0.2) is 16.6 Å². The molecule has 1 fully saturated rings. The number of aromatic nitrogens is 1. The van der Waals surface area contributed by atoms with Gasteiger partial charge < -0.3 is 19.7 Å². The maximum Gasteiger partial charge on any atom is 0.301 e. The van der Waals surface area contributed by atoms with Crippen LogP contribution < -0.4 is 14.4 Å². The molecule has 8 nitrogen and oxygen atoms in total. The molecule has 9 heteroatoms. The number of aliphatic hydroxyl groups excluding tert-OH is 1. The molecule has 0 saturated carbocycles. The lowest BCUT2D eigenvalue weighted by Crippen LogP contribution is -2.29. The first-order valence-corrected chi connectivity index (χ1v) is 12.5. The first-order chi connectivity index (χ1) is 17.8. The van der Waals surface area contributed by atoms with Crippen LogP contribution in [0.3, 0.4) is 0 Å². The van der Waals surface area contributed by atoms with Crippen molar-refractivity contribution < 1.29 is 29.3 Å². The molecule has 1 saturated heterocycles. The number of amides is 1. The number of Topliss-reactive ketones (excluding diaryl/α,β-unsaturated/α-hetero) is 1. The molecule has 2 N–H and O–H groups in total. The summed E-state index contributed by atoms with van der Waals surface area (Å²) in [4.78, 5) is 32.9. The van der Waals surface area contributed by atoms with Gasteiger partial charge >= 0.3 is 5.91 Å². The average Bonchev–Trinajstić information content (AvgIpc) is 3.42. The van der Waals surface area contributed by atoms with E-state index in [-0.39, 0.29) is 17.1 Å². The van der Waals surface area contributed by atoms with Crippen molar-refractivity contribution in [1.82, 2.24) is 4.98 Å². The quantitative estimate of drug-likeness (QED) is 0.225. The van der Waals surface area contributed by atoms with Crippen LogP contribution in [0.15, 0.2) is 60.2 Å². The van der Waals surface area contributed by atoms with Crippen molar-refractivity contribution >= 4 is 44.1 Å². The number of phenols is 1. The fraction of sp³-hybridized carbons (Fsp3) is 0.179. The van der Waals surface area contributed by atoms with Gasteiger partial charge in [0, 0.05) is 5.56 Å². The second-order valence-electron chi connectivity index (χ2n) is 9.05. The Labute approximate surface area is 216 Å². The molecule has 1 atom stereocenters. The van der Waals surface area contributed by atoms with E-state index >= 15 is 0 Å². The van der Waals surface area contributed by atoms with Gasteiger partial charge in [0.2, 0.25) is 0 Å². The van der Waals surface area contributed by atoms with Crippen molar-refractivity contribution in [3.8, 4) is 17.2 Å². The van der Waals surface area contributed by atoms with Crippen LogP contribution in [0.4, 0.5) is 5.13 Å². The topological polar surface area (TPSA) is 109 Å². The molecular weight excluding hydrogens is 492 g/mol. The smallest absolute Gasteiger partial charge is 0.301 e. The van der Waals surface area contributed by atoms with Crippen LogP contribution in [0.1, 0.15) is 28.3 Å². The van der Waals surface area contributed by atoms with Crippen molar-refractivity contribution in [1.29, 1.82) is 0 Å². The Kier molecular flexibility index (Phi) is 5.38. The third-order valence-electron chi connectivity index (χ3n) is 6.47. The number of phenolic OH excluding ortho intramolecular Hbond substituents is 1. The fourth-order valence-electron chi connectivity index (χ4n) is 4.85. The Bertz CT molecular complexity index is 1640. The standard InChI is InChI=1S/C28H22N2O6S/c1-14-10-15(2)23-21(11-14)37-28(29-23)30-24(16-4-3-5-18(31)12-16)22(26(33)27(30)34)25(32)17-6-7-19-20(13-17)36-9-8-35-19/h3-7,10-13,24,31-32H,8-9H2,1-2H3/b25-22+/t24-/m1/s1. The monoisotopic (exact) mass is 514 g/mol. The van der Waals surface area contributed by atoms with E-state index in [0.29, 0.717) is 41.0 Å². The summed E-state index contributed by atoms with van der Waals surface area (Å²) in [6.07, 6.45) is 0. The molecule has 37 heavy (non-hydrogen) atoms. The first-order valence-electron chi connectivity index (χ1n) is 11.7. The summed E-state index contributed by atoms with van der Waals surface area (Å²) < 4.78 is 12.1. The van der Waals surface area contributed by atoms with Crippen LogP contribution in [0.25, 0.3) is 16.0 Å². The summed E-state index contributed by atoms with van der Waals surface area (Å²) in [7, 11) is 0. The molecule has 0 bridgehead atoms. The molecule has 0 spiro atoms.